The number of nitrogens with one attached hydrogen (secondary N) is 2. The molecule has 32 heavy (non-hydrogen) atoms. The van der Waals surface area contributed by atoms with E-state index in [0.29, 0.717) is 5.92 Å². The van der Waals surface area contributed by atoms with Crippen LogP contribution in [-0.4, -0.2) is 73.0 Å². The molecule has 4 rings (SSSR count). The van der Waals surface area contributed by atoms with Gasteiger partial charge in [-0.15, -0.1) is 0 Å². The molecule has 1 saturated carbocycles. The molecule has 1 aliphatic carbocycles. The summed E-state index contributed by atoms with van der Waals surface area (Å²) in [5.74, 6) is 0.961. The zero-order valence-electron chi connectivity index (χ0n) is 19.8. The van der Waals surface area contributed by atoms with E-state index < -0.39 is 0 Å². The van der Waals surface area contributed by atoms with Crippen LogP contribution >= 0.6 is 0 Å². The van der Waals surface area contributed by atoms with E-state index in [9.17, 15) is 9.59 Å². The molecule has 0 radical (unpaired) electrons. The maximum atomic E-state index is 13.8. The minimum atomic E-state index is -0.376. The number of likely N-dealkylation sites (tertiary alicyclic amines) is 2. The van der Waals surface area contributed by atoms with Gasteiger partial charge in [0.05, 0.1) is 6.04 Å². The molecule has 6 nitrogen and oxygen atoms in total. The Morgan fingerprint density at radius 2 is 1.78 bits per heavy atom. The highest BCUT2D eigenvalue weighted by molar-refractivity contribution is 5.90. The number of benzene rings is 1. The predicted octanol–water partition coefficient (Wildman–Crippen LogP) is 2.43. The maximum absolute atomic E-state index is 13.8. The Balaban J connectivity index is 1.41. The minimum Gasteiger partial charge on any atom is -0.343 e. The summed E-state index contributed by atoms with van der Waals surface area (Å²) in [5.41, 5.74) is 1.37. The fourth-order valence-electron chi connectivity index (χ4n) is 5.87. The molecule has 1 aromatic carbocycles. The number of hydrogen-bond acceptors (Lipinski definition) is 4. The number of amides is 2. The molecule has 2 heterocycles. The van der Waals surface area contributed by atoms with E-state index in [1.54, 1.807) is 7.05 Å². The fourth-order valence-corrected chi connectivity index (χ4v) is 5.87. The van der Waals surface area contributed by atoms with E-state index in [1.165, 1.54) is 12.0 Å². The molecule has 0 spiro atoms. The first-order valence-corrected chi connectivity index (χ1v) is 12.6. The first-order chi connectivity index (χ1) is 15.6. The second-order valence-corrected chi connectivity index (χ2v) is 10.0. The summed E-state index contributed by atoms with van der Waals surface area (Å²) in [6.07, 6.45) is 7.71. The van der Waals surface area contributed by atoms with E-state index in [1.807, 2.05) is 6.92 Å². The van der Waals surface area contributed by atoms with Gasteiger partial charge in [0.15, 0.2) is 0 Å². The van der Waals surface area contributed by atoms with Crippen LogP contribution in [-0.2, 0) is 16.0 Å². The number of nitrogens with zero attached hydrogens (tertiary/aromatic N) is 2. The molecule has 0 unspecified atom stereocenters. The number of likely N-dealkylation sites (N-methyl/N-ethyl adjacent to an activating group) is 1. The highest BCUT2D eigenvalue weighted by atomic mass is 16.2. The normalized spacial score (nSPS) is 26.0. The van der Waals surface area contributed by atoms with Gasteiger partial charge in [0.25, 0.3) is 0 Å². The zero-order chi connectivity index (χ0) is 22.5. The van der Waals surface area contributed by atoms with Gasteiger partial charge in [-0.3, -0.25) is 9.59 Å². The monoisotopic (exact) mass is 440 g/mol. The van der Waals surface area contributed by atoms with Gasteiger partial charge in [0.1, 0.15) is 6.04 Å². The first kappa shape index (κ1) is 23.2. The van der Waals surface area contributed by atoms with Crippen LogP contribution in [0.5, 0.6) is 0 Å². The summed E-state index contributed by atoms with van der Waals surface area (Å²) < 4.78 is 0. The molecular formula is C26H40N4O2. The number of piperidine rings is 1. The lowest BCUT2D eigenvalue weighted by Crippen LogP contribution is -2.58. The van der Waals surface area contributed by atoms with Gasteiger partial charge in [-0.1, -0.05) is 43.2 Å². The molecular weight excluding hydrogens is 400 g/mol. The Kier molecular flexibility index (Phi) is 7.84. The third-order valence-electron chi connectivity index (χ3n) is 8.05. The molecule has 0 bridgehead atoms. The van der Waals surface area contributed by atoms with Crippen LogP contribution in [0.1, 0.15) is 51.0 Å². The Bertz CT molecular complexity index is 764. The second-order valence-electron chi connectivity index (χ2n) is 10.0. The Morgan fingerprint density at radius 3 is 2.50 bits per heavy atom. The van der Waals surface area contributed by atoms with Crippen molar-refractivity contribution in [1.82, 2.24) is 20.4 Å². The van der Waals surface area contributed by atoms with Crippen molar-refractivity contribution in [3.63, 3.8) is 0 Å². The van der Waals surface area contributed by atoms with Crippen LogP contribution in [0.2, 0.25) is 0 Å². The lowest BCUT2D eigenvalue weighted by atomic mass is 9.91. The van der Waals surface area contributed by atoms with Crippen LogP contribution in [0.3, 0.4) is 0 Å². The lowest BCUT2D eigenvalue weighted by molar-refractivity contribution is -0.140. The maximum Gasteiger partial charge on any atom is 0.245 e. The number of carbonyl (C=O) groups excluding carboxylic acids is 2. The van der Waals surface area contributed by atoms with Gasteiger partial charge >= 0.3 is 0 Å². The van der Waals surface area contributed by atoms with E-state index >= 15 is 0 Å². The lowest BCUT2D eigenvalue weighted by Gasteiger charge is -2.40. The predicted molar refractivity (Wildman–Crippen MR) is 127 cm³/mol. The van der Waals surface area contributed by atoms with Crippen LogP contribution in [0.15, 0.2) is 30.3 Å². The third-order valence-corrected chi connectivity index (χ3v) is 8.05. The molecule has 176 valence electrons. The molecule has 4 atom stereocenters. The topological polar surface area (TPSA) is 64.7 Å². The molecule has 3 aliphatic rings. The summed E-state index contributed by atoms with van der Waals surface area (Å²) in [7, 11) is 1.79. The van der Waals surface area contributed by atoms with Gasteiger partial charge in [0, 0.05) is 25.7 Å². The minimum absolute atomic E-state index is 0.0679. The van der Waals surface area contributed by atoms with Crippen molar-refractivity contribution in [3.8, 4) is 0 Å². The molecule has 1 aromatic rings. The van der Waals surface area contributed by atoms with Crippen LogP contribution in [0.25, 0.3) is 0 Å². The average molecular weight is 441 g/mol. The molecule has 2 N–H and O–H groups in total. The molecule has 6 heteroatoms. The van der Waals surface area contributed by atoms with Crippen molar-refractivity contribution in [2.45, 2.75) is 70.0 Å². The van der Waals surface area contributed by atoms with E-state index in [2.05, 4.69) is 50.8 Å². The second kappa shape index (κ2) is 10.8. The van der Waals surface area contributed by atoms with Crippen molar-refractivity contribution in [1.29, 1.82) is 0 Å². The van der Waals surface area contributed by atoms with Crippen molar-refractivity contribution < 1.29 is 9.59 Å². The molecule has 2 amide bonds. The summed E-state index contributed by atoms with van der Waals surface area (Å²) in [4.78, 5) is 31.1. The van der Waals surface area contributed by atoms with Crippen molar-refractivity contribution in [2.24, 2.45) is 11.8 Å². The summed E-state index contributed by atoms with van der Waals surface area (Å²) in [5, 5.41) is 6.14. The van der Waals surface area contributed by atoms with Gasteiger partial charge in [-0.25, -0.2) is 0 Å². The SMILES string of the molecule is CN[C@@H](C)C(=O)N[C@H](C(=O)N1CC[C@H]2CCN(CCc3ccccc3)C[C@H]21)C1CCCC1. The Labute approximate surface area is 193 Å². The molecule has 2 saturated heterocycles. The number of fused-ring (bicyclic) bond motifs is 1. The van der Waals surface area contributed by atoms with Crippen molar-refractivity contribution in [3.05, 3.63) is 35.9 Å². The van der Waals surface area contributed by atoms with Crippen LogP contribution in [0.4, 0.5) is 0 Å². The number of hydrogen-bond donors (Lipinski definition) is 2. The largest absolute Gasteiger partial charge is 0.343 e. The van der Waals surface area contributed by atoms with Gasteiger partial charge in [-0.05, 0) is 70.0 Å². The number of rotatable bonds is 8. The van der Waals surface area contributed by atoms with Gasteiger partial charge in [0.2, 0.25) is 11.8 Å². The van der Waals surface area contributed by atoms with Gasteiger partial charge < -0.3 is 20.4 Å². The molecule has 2 aliphatic heterocycles. The van der Waals surface area contributed by atoms with Crippen molar-refractivity contribution in [2.75, 3.05) is 33.2 Å². The van der Waals surface area contributed by atoms with E-state index in [4.69, 9.17) is 0 Å². The quantitative estimate of drug-likeness (QED) is 0.652. The number of carbonyl (C=O) groups is 2. The van der Waals surface area contributed by atoms with Gasteiger partial charge in [-0.2, -0.15) is 0 Å². The van der Waals surface area contributed by atoms with Crippen molar-refractivity contribution >= 4 is 11.8 Å². The fraction of sp³-hybridized carbons (Fsp3) is 0.692. The third kappa shape index (κ3) is 5.34. The molecule has 3 fully saturated rings. The average Bonchev–Trinajstić information content (AvgIpc) is 3.50. The Morgan fingerprint density at radius 1 is 1.06 bits per heavy atom. The summed E-state index contributed by atoms with van der Waals surface area (Å²) >= 11 is 0. The van der Waals surface area contributed by atoms with Crippen LogP contribution in [0, 0.1) is 11.8 Å². The highest BCUT2D eigenvalue weighted by Gasteiger charge is 2.44. The standard InChI is InChI=1S/C26H40N4O2/c1-19(27-2)25(31)28-24(22-10-6-7-11-22)26(32)30-17-14-21-13-16-29(18-23(21)30)15-12-20-8-4-3-5-9-20/h3-5,8-9,19,21-24,27H,6-7,10-18H2,1-2H3,(H,28,31)/t19-,21+,23+,24-/m0/s1. The summed E-state index contributed by atoms with van der Waals surface area (Å²) in [6.45, 7) is 5.81. The van der Waals surface area contributed by atoms with Crippen LogP contribution < -0.4 is 10.6 Å². The zero-order valence-corrected chi connectivity index (χ0v) is 19.8. The highest BCUT2D eigenvalue weighted by Crippen LogP contribution is 2.35. The summed E-state index contributed by atoms with van der Waals surface area (Å²) in [6, 6.07) is 10.3. The molecule has 0 aromatic heterocycles. The van der Waals surface area contributed by atoms with E-state index in [-0.39, 0.29) is 35.9 Å². The first-order valence-electron chi connectivity index (χ1n) is 12.6. The van der Waals surface area contributed by atoms with E-state index in [0.717, 1.165) is 64.7 Å². The Hall–Kier alpha value is -1.92. The smallest absolute Gasteiger partial charge is 0.245 e.